The fourth-order valence-corrected chi connectivity index (χ4v) is 3.66. The molecule has 3 rings (SSSR count). The minimum atomic E-state index is -0.383. The first-order chi connectivity index (χ1) is 7.68. The Morgan fingerprint density at radius 3 is 2.94 bits per heavy atom. The van der Waals surface area contributed by atoms with Gasteiger partial charge in [0, 0.05) is 5.57 Å². The summed E-state index contributed by atoms with van der Waals surface area (Å²) in [5, 5.41) is 10.4. The number of allylic oxidation sites excluding steroid dienone is 1. The minimum Gasteiger partial charge on any atom is -0.459 e. The highest BCUT2D eigenvalue weighted by molar-refractivity contribution is 5.92. The first kappa shape index (κ1) is 10.3. The van der Waals surface area contributed by atoms with E-state index in [-0.39, 0.29) is 24.1 Å². The maximum absolute atomic E-state index is 11.6. The molecule has 2 fully saturated rings. The van der Waals surface area contributed by atoms with Crippen molar-refractivity contribution in [2.45, 2.75) is 44.8 Å². The second-order valence-electron chi connectivity index (χ2n) is 5.36. The third kappa shape index (κ3) is 1.34. The predicted molar refractivity (Wildman–Crippen MR) is 58.6 cm³/mol. The van der Waals surface area contributed by atoms with Gasteiger partial charge in [-0.15, -0.1) is 0 Å². The predicted octanol–water partition coefficient (Wildman–Crippen LogP) is 1.66. The van der Waals surface area contributed by atoms with E-state index in [1.165, 1.54) is 12.8 Å². The van der Waals surface area contributed by atoms with Crippen LogP contribution in [0.2, 0.25) is 0 Å². The third-order valence-electron chi connectivity index (χ3n) is 4.47. The Morgan fingerprint density at radius 2 is 2.12 bits per heavy atom. The molecule has 3 aliphatic rings. The van der Waals surface area contributed by atoms with E-state index in [9.17, 15) is 9.90 Å². The summed E-state index contributed by atoms with van der Waals surface area (Å²) >= 11 is 0. The van der Waals surface area contributed by atoms with Crippen molar-refractivity contribution in [2.24, 2.45) is 17.8 Å². The van der Waals surface area contributed by atoms with Gasteiger partial charge in [0.15, 0.2) is 0 Å². The van der Waals surface area contributed by atoms with Crippen molar-refractivity contribution < 1.29 is 14.6 Å². The van der Waals surface area contributed by atoms with Gasteiger partial charge in [0.2, 0.25) is 0 Å². The van der Waals surface area contributed by atoms with Crippen LogP contribution in [0.1, 0.15) is 32.6 Å². The second kappa shape index (κ2) is 3.59. The Balaban J connectivity index is 1.97. The molecular formula is C13H18O3. The van der Waals surface area contributed by atoms with Crippen LogP contribution in [0.4, 0.5) is 0 Å². The largest absolute Gasteiger partial charge is 0.459 e. The van der Waals surface area contributed by atoms with E-state index < -0.39 is 0 Å². The van der Waals surface area contributed by atoms with Crippen molar-refractivity contribution in [1.29, 1.82) is 0 Å². The lowest BCUT2D eigenvalue weighted by atomic mass is 9.66. The van der Waals surface area contributed by atoms with E-state index in [1.54, 1.807) is 0 Å². The van der Waals surface area contributed by atoms with Crippen LogP contribution in [0, 0.1) is 17.8 Å². The number of aliphatic hydroxyl groups excluding tert-OH is 1. The fourth-order valence-electron chi connectivity index (χ4n) is 3.66. The molecule has 0 bridgehead atoms. The molecule has 0 spiro atoms. The van der Waals surface area contributed by atoms with Gasteiger partial charge in [0.05, 0.1) is 12.0 Å². The molecule has 1 N–H and O–H groups in total. The summed E-state index contributed by atoms with van der Waals surface area (Å²) in [6.45, 7) is 1.88. The van der Waals surface area contributed by atoms with Gasteiger partial charge < -0.3 is 9.84 Å². The molecule has 0 aromatic heterocycles. The number of esters is 1. The lowest BCUT2D eigenvalue weighted by molar-refractivity contribution is -0.138. The molecule has 0 radical (unpaired) electrons. The lowest BCUT2D eigenvalue weighted by Gasteiger charge is -2.40. The molecule has 1 heterocycles. The smallest absolute Gasteiger partial charge is 0.334 e. The number of ether oxygens (including phenoxy) is 1. The monoisotopic (exact) mass is 222 g/mol. The normalized spacial score (nSPS) is 46.8. The quantitative estimate of drug-likeness (QED) is 0.634. The number of hydrogen-bond acceptors (Lipinski definition) is 3. The molecule has 1 saturated carbocycles. The van der Waals surface area contributed by atoms with E-state index in [0.717, 1.165) is 18.4 Å². The van der Waals surface area contributed by atoms with Crippen molar-refractivity contribution in [3.63, 3.8) is 0 Å². The topological polar surface area (TPSA) is 46.5 Å². The van der Waals surface area contributed by atoms with Crippen LogP contribution in [-0.2, 0) is 9.53 Å². The molecule has 3 heteroatoms. The number of carbonyl (C=O) groups is 1. The maximum atomic E-state index is 11.6. The number of rotatable bonds is 0. The highest BCUT2D eigenvalue weighted by atomic mass is 16.6. The number of cyclic esters (lactones) is 1. The number of aliphatic hydroxyl groups is 1. The Bertz CT molecular complexity index is 347. The average molecular weight is 222 g/mol. The van der Waals surface area contributed by atoms with Gasteiger partial charge in [-0.1, -0.05) is 18.9 Å². The number of fused-ring (bicyclic) bond motifs is 2. The zero-order valence-corrected chi connectivity index (χ0v) is 9.56. The van der Waals surface area contributed by atoms with Gasteiger partial charge >= 0.3 is 5.97 Å². The average Bonchev–Trinajstić information content (AvgIpc) is 2.55. The summed E-state index contributed by atoms with van der Waals surface area (Å²) in [7, 11) is 0. The summed E-state index contributed by atoms with van der Waals surface area (Å²) in [5.74, 6) is 0.458. The van der Waals surface area contributed by atoms with Crippen LogP contribution in [-0.4, -0.2) is 23.3 Å². The molecule has 3 nitrogen and oxygen atoms in total. The van der Waals surface area contributed by atoms with Crippen molar-refractivity contribution in [1.82, 2.24) is 0 Å². The summed E-state index contributed by atoms with van der Waals surface area (Å²) in [5.41, 5.74) is 0.739. The van der Waals surface area contributed by atoms with Crippen LogP contribution in [0.5, 0.6) is 0 Å². The van der Waals surface area contributed by atoms with Crippen LogP contribution in [0.25, 0.3) is 0 Å². The van der Waals surface area contributed by atoms with Gasteiger partial charge in [0.25, 0.3) is 0 Å². The van der Waals surface area contributed by atoms with Crippen molar-refractivity contribution >= 4 is 5.97 Å². The van der Waals surface area contributed by atoms with Crippen LogP contribution in [0.3, 0.4) is 0 Å². The summed E-state index contributed by atoms with van der Waals surface area (Å²) in [6.07, 6.45) is 6.17. The number of carbonyl (C=O) groups excluding carboxylic acids is 1. The van der Waals surface area contributed by atoms with Crippen molar-refractivity contribution in [2.75, 3.05) is 0 Å². The van der Waals surface area contributed by atoms with Gasteiger partial charge in [-0.3, -0.25) is 0 Å². The highest BCUT2D eigenvalue weighted by Gasteiger charge is 2.49. The molecule has 0 unspecified atom stereocenters. The molecule has 16 heavy (non-hydrogen) atoms. The molecular weight excluding hydrogens is 204 g/mol. The second-order valence-corrected chi connectivity index (χ2v) is 5.36. The van der Waals surface area contributed by atoms with Gasteiger partial charge in [0.1, 0.15) is 6.10 Å². The zero-order valence-electron chi connectivity index (χ0n) is 9.56. The van der Waals surface area contributed by atoms with Crippen molar-refractivity contribution in [3.05, 3.63) is 11.6 Å². The molecule has 0 aromatic rings. The van der Waals surface area contributed by atoms with Gasteiger partial charge in [-0.25, -0.2) is 4.79 Å². The SMILES string of the molecule is C[C@@H]1OC(=O)C2=C[C@@H]3CCCC[C@@H]3[C@@H](O)[C@H]21. The van der Waals surface area contributed by atoms with Crippen LogP contribution in [0.15, 0.2) is 11.6 Å². The molecule has 5 atom stereocenters. The van der Waals surface area contributed by atoms with E-state index in [2.05, 4.69) is 6.08 Å². The van der Waals surface area contributed by atoms with Gasteiger partial charge in [-0.05, 0) is 31.6 Å². The Morgan fingerprint density at radius 1 is 1.38 bits per heavy atom. The Labute approximate surface area is 95.5 Å². The summed E-state index contributed by atoms with van der Waals surface area (Å²) < 4.78 is 5.22. The zero-order chi connectivity index (χ0) is 11.3. The van der Waals surface area contributed by atoms with Crippen molar-refractivity contribution in [3.8, 4) is 0 Å². The first-order valence-corrected chi connectivity index (χ1v) is 6.29. The molecule has 0 aromatic carbocycles. The fraction of sp³-hybridized carbons (Fsp3) is 0.769. The summed E-state index contributed by atoms with van der Waals surface area (Å²) in [4.78, 5) is 11.6. The van der Waals surface area contributed by atoms with E-state index in [1.807, 2.05) is 6.92 Å². The van der Waals surface area contributed by atoms with E-state index >= 15 is 0 Å². The lowest BCUT2D eigenvalue weighted by Crippen LogP contribution is -2.42. The van der Waals surface area contributed by atoms with E-state index in [4.69, 9.17) is 4.74 Å². The van der Waals surface area contributed by atoms with Crippen LogP contribution < -0.4 is 0 Å². The molecule has 2 aliphatic carbocycles. The number of hydrogen-bond donors (Lipinski definition) is 1. The molecule has 0 amide bonds. The summed E-state index contributed by atoms with van der Waals surface area (Å²) in [6, 6.07) is 0. The molecule has 88 valence electrons. The Kier molecular flexibility index (Phi) is 2.32. The third-order valence-corrected chi connectivity index (χ3v) is 4.47. The van der Waals surface area contributed by atoms with Gasteiger partial charge in [-0.2, -0.15) is 0 Å². The first-order valence-electron chi connectivity index (χ1n) is 6.29. The van der Waals surface area contributed by atoms with Crippen LogP contribution >= 0.6 is 0 Å². The maximum Gasteiger partial charge on any atom is 0.334 e. The minimum absolute atomic E-state index is 0.0770. The highest BCUT2D eigenvalue weighted by Crippen LogP contribution is 2.46. The molecule has 1 saturated heterocycles. The standard InChI is InChI=1S/C13H18O3/c1-7-11-10(13(15)16-7)6-8-4-2-3-5-9(8)12(11)14/h6-9,11-12,14H,2-5H2,1H3/t7-,8-,9-,11-,12+/m0/s1. The van der Waals surface area contributed by atoms with E-state index in [0.29, 0.717) is 11.8 Å². The molecule has 1 aliphatic heterocycles. The Hall–Kier alpha value is -0.830.